The van der Waals surface area contributed by atoms with E-state index in [0.717, 1.165) is 5.56 Å². The molecule has 0 spiro atoms. The van der Waals surface area contributed by atoms with Crippen LogP contribution in [0.4, 0.5) is 0 Å². The van der Waals surface area contributed by atoms with E-state index >= 15 is 0 Å². The van der Waals surface area contributed by atoms with Gasteiger partial charge in [0, 0.05) is 0 Å². The molecule has 1 aliphatic heterocycles. The smallest absolute Gasteiger partial charge is 0.191 e. The average molecular weight is 192 g/mol. The molecule has 3 heteroatoms. The van der Waals surface area contributed by atoms with E-state index in [0.29, 0.717) is 13.2 Å². The maximum absolute atomic E-state index is 11.6. The number of Topliss-reactive ketones (excluding diaryl/α,β-unsaturated/α-hetero) is 1. The number of ether oxygens (including phenoxy) is 2. The van der Waals surface area contributed by atoms with E-state index < -0.39 is 6.10 Å². The molecule has 2 rings (SSSR count). The standard InChI is InChI=1S/C11H12O3/c12-10-8-13-6-7-14-11(10)9-4-2-1-3-5-9/h1-5,11H,6-8H2. The largest absolute Gasteiger partial charge is 0.371 e. The normalized spacial score (nSPS) is 23.1. The lowest BCUT2D eigenvalue weighted by molar-refractivity contribution is -0.130. The molecule has 0 radical (unpaired) electrons. The monoisotopic (exact) mass is 192 g/mol. The topological polar surface area (TPSA) is 35.5 Å². The van der Waals surface area contributed by atoms with E-state index in [1.54, 1.807) is 0 Å². The molecule has 14 heavy (non-hydrogen) atoms. The lowest BCUT2D eigenvalue weighted by atomic mass is 10.1. The maximum Gasteiger partial charge on any atom is 0.191 e. The second kappa shape index (κ2) is 4.35. The van der Waals surface area contributed by atoms with Crippen molar-refractivity contribution >= 4 is 5.78 Å². The highest BCUT2D eigenvalue weighted by Crippen LogP contribution is 2.19. The summed E-state index contributed by atoms with van der Waals surface area (Å²) in [5.74, 6) is -0.00583. The van der Waals surface area contributed by atoms with Gasteiger partial charge in [0.2, 0.25) is 0 Å². The molecule has 74 valence electrons. The van der Waals surface area contributed by atoms with Crippen LogP contribution in [-0.4, -0.2) is 25.6 Å². The zero-order valence-corrected chi connectivity index (χ0v) is 7.81. The number of hydrogen-bond donors (Lipinski definition) is 0. The summed E-state index contributed by atoms with van der Waals surface area (Å²) < 4.78 is 10.5. The fourth-order valence-corrected chi connectivity index (χ4v) is 1.48. The van der Waals surface area contributed by atoms with Crippen LogP contribution < -0.4 is 0 Å². The fourth-order valence-electron chi connectivity index (χ4n) is 1.48. The summed E-state index contributed by atoms with van der Waals surface area (Å²) in [6, 6.07) is 9.51. The van der Waals surface area contributed by atoms with Crippen LogP contribution in [0.3, 0.4) is 0 Å². The van der Waals surface area contributed by atoms with Gasteiger partial charge >= 0.3 is 0 Å². The summed E-state index contributed by atoms with van der Waals surface area (Å²) in [7, 11) is 0. The molecule has 1 saturated heterocycles. The zero-order valence-electron chi connectivity index (χ0n) is 7.81. The molecule has 1 heterocycles. The molecule has 3 nitrogen and oxygen atoms in total. The molecule has 0 N–H and O–H groups in total. The van der Waals surface area contributed by atoms with Crippen LogP contribution in [0.25, 0.3) is 0 Å². The highest BCUT2D eigenvalue weighted by atomic mass is 16.5. The second-order valence-electron chi connectivity index (χ2n) is 3.18. The molecular formula is C11H12O3. The molecule has 0 bridgehead atoms. The SMILES string of the molecule is O=C1COCCOC1c1ccccc1. The average Bonchev–Trinajstić information content (AvgIpc) is 2.44. The zero-order chi connectivity index (χ0) is 9.80. The van der Waals surface area contributed by atoms with Gasteiger partial charge in [-0.1, -0.05) is 30.3 Å². The molecule has 0 aliphatic carbocycles. The molecule has 1 atom stereocenters. The van der Waals surface area contributed by atoms with Crippen molar-refractivity contribution in [2.45, 2.75) is 6.10 Å². The van der Waals surface area contributed by atoms with E-state index in [9.17, 15) is 4.79 Å². The Balaban J connectivity index is 2.19. The van der Waals surface area contributed by atoms with E-state index in [-0.39, 0.29) is 12.4 Å². The van der Waals surface area contributed by atoms with Crippen LogP contribution in [0.1, 0.15) is 11.7 Å². The molecule has 0 saturated carbocycles. The van der Waals surface area contributed by atoms with Crippen molar-refractivity contribution in [1.29, 1.82) is 0 Å². The van der Waals surface area contributed by atoms with Gasteiger partial charge in [-0.2, -0.15) is 0 Å². The Kier molecular flexibility index (Phi) is 2.91. The minimum Gasteiger partial charge on any atom is -0.371 e. The third kappa shape index (κ3) is 2.00. The van der Waals surface area contributed by atoms with Crippen molar-refractivity contribution in [2.24, 2.45) is 0 Å². The summed E-state index contributed by atoms with van der Waals surface area (Å²) in [4.78, 5) is 11.6. The number of rotatable bonds is 1. The Bertz CT molecular complexity index is 308. The Morgan fingerprint density at radius 3 is 2.71 bits per heavy atom. The van der Waals surface area contributed by atoms with Gasteiger partial charge in [0.15, 0.2) is 5.78 Å². The fraction of sp³-hybridized carbons (Fsp3) is 0.364. The summed E-state index contributed by atoms with van der Waals surface area (Å²) in [6.07, 6.45) is -0.446. The van der Waals surface area contributed by atoms with Crippen LogP contribution in [0.15, 0.2) is 30.3 Å². The first-order valence-corrected chi connectivity index (χ1v) is 4.65. The van der Waals surface area contributed by atoms with Crippen molar-refractivity contribution in [3.05, 3.63) is 35.9 Å². The number of carbonyl (C=O) groups is 1. The van der Waals surface area contributed by atoms with Gasteiger partial charge < -0.3 is 9.47 Å². The molecule has 1 aliphatic rings. The van der Waals surface area contributed by atoms with E-state index in [2.05, 4.69) is 0 Å². The van der Waals surface area contributed by atoms with Crippen molar-refractivity contribution in [3.8, 4) is 0 Å². The molecule has 1 unspecified atom stereocenters. The highest BCUT2D eigenvalue weighted by Gasteiger charge is 2.23. The minimum atomic E-state index is -0.446. The number of ketones is 1. The van der Waals surface area contributed by atoms with Crippen molar-refractivity contribution < 1.29 is 14.3 Å². The van der Waals surface area contributed by atoms with Gasteiger partial charge in [-0.15, -0.1) is 0 Å². The third-order valence-corrected chi connectivity index (χ3v) is 2.15. The van der Waals surface area contributed by atoms with Crippen LogP contribution in [0.5, 0.6) is 0 Å². The minimum absolute atomic E-state index is 0.00583. The molecule has 1 fully saturated rings. The van der Waals surface area contributed by atoms with Crippen LogP contribution in [-0.2, 0) is 14.3 Å². The van der Waals surface area contributed by atoms with E-state index in [4.69, 9.17) is 9.47 Å². The van der Waals surface area contributed by atoms with Gasteiger partial charge in [-0.25, -0.2) is 0 Å². The van der Waals surface area contributed by atoms with Crippen molar-refractivity contribution in [3.63, 3.8) is 0 Å². The Morgan fingerprint density at radius 1 is 1.14 bits per heavy atom. The predicted molar refractivity (Wildman–Crippen MR) is 51.0 cm³/mol. The first-order valence-electron chi connectivity index (χ1n) is 4.65. The molecule has 1 aromatic rings. The first-order chi connectivity index (χ1) is 6.88. The van der Waals surface area contributed by atoms with Gasteiger partial charge in [0.1, 0.15) is 12.7 Å². The van der Waals surface area contributed by atoms with Crippen molar-refractivity contribution in [1.82, 2.24) is 0 Å². The Labute approximate surface area is 82.6 Å². The number of benzene rings is 1. The highest BCUT2D eigenvalue weighted by molar-refractivity contribution is 5.85. The summed E-state index contributed by atoms with van der Waals surface area (Å²) in [5, 5.41) is 0. The van der Waals surface area contributed by atoms with Crippen LogP contribution >= 0.6 is 0 Å². The number of hydrogen-bond acceptors (Lipinski definition) is 3. The van der Waals surface area contributed by atoms with Crippen LogP contribution in [0.2, 0.25) is 0 Å². The maximum atomic E-state index is 11.6. The Hall–Kier alpha value is -1.19. The quantitative estimate of drug-likeness (QED) is 0.673. The predicted octanol–water partition coefficient (Wildman–Crippen LogP) is 1.34. The molecular weight excluding hydrogens is 180 g/mol. The lowest BCUT2D eigenvalue weighted by Crippen LogP contribution is -2.16. The summed E-state index contributed by atoms with van der Waals surface area (Å²) in [6.45, 7) is 1.12. The van der Waals surface area contributed by atoms with E-state index in [1.807, 2.05) is 30.3 Å². The number of carbonyl (C=O) groups excluding carboxylic acids is 1. The second-order valence-corrected chi connectivity index (χ2v) is 3.18. The summed E-state index contributed by atoms with van der Waals surface area (Å²) >= 11 is 0. The van der Waals surface area contributed by atoms with Gasteiger partial charge in [-0.3, -0.25) is 4.79 Å². The summed E-state index contributed by atoms with van der Waals surface area (Å²) in [5.41, 5.74) is 0.906. The third-order valence-electron chi connectivity index (χ3n) is 2.15. The molecule has 1 aromatic carbocycles. The molecule has 0 amide bonds. The first kappa shape index (κ1) is 9.37. The van der Waals surface area contributed by atoms with Gasteiger partial charge in [-0.05, 0) is 5.56 Å². The van der Waals surface area contributed by atoms with E-state index in [1.165, 1.54) is 0 Å². The van der Waals surface area contributed by atoms with Gasteiger partial charge in [0.05, 0.1) is 13.2 Å². The lowest BCUT2D eigenvalue weighted by Gasteiger charge is -2.12. The Morgan fingerprint density at radius 2 is 1.93 bits per heavy atom. The molecule has 0 aromatic heterocycles. The van der Waals surface area contributed by atoms with Crippen LogP contribution in [0, 0.1) is 0 Å². The van der Waals surface area contributed by atoms with Crippen molar-refractivity contribution in [2.75, 3.05) is 19.8 Å². The van der Waals surface area contributed by atoms with Gasteiger partial charge in [0.25, 0.3) is 0 Å².